The molecule has 0 radical (unpaired) electrons. The molecule has 0 aliphatic rings. The molecule has 1 aromatic heterocycles. The van der Waals surface area contributed by atoms with Crippen molar-refractivity contribution in [1.82, 2.24) is 9.55 Å². The second-order valence-electron chi connectivity index (χ2n) is 3.23. The van der Waals surface area contributed by atoms with Crippen LogP contribution in [0.5, 0.6) is 5.75 Å². The zero-order chi connectivity index (χ0) is 11.7. The van der Waals surface area contributed by atoms with E-state index >= 15 is 0 Å². The van der Waals surface area contributed by atoms with Crippen molar-refractivity contribution in [3.8, 4) is 11.4 Å². The number of aromatic amines is 1. The molecule has 1 heterocycles. The lowest BCUT2D eigenvalue weighted by Crippen LogP contribution is -2.29. The maximum Gasteiger partial charge on any atom is 0.333 e. The Hall–Kier alpha value is -2.50. The van der Waals surface area contributed by atoms with E-state index in [0.717, 1.165) is 0 Å². The quantitative estimate of drug-likeness (QED) is 0.618. The van der Waals surface area contributed by atoms with E-state index in [1.165, 1.54) is 35.0 Å². The summed E-state index contributed by atoms with van der Waals surface area (Å²) in [7, 11) is 0. The number of benzene rings is 1. The molecule has 82 valence electrons. The fourth-order valence-electron chi connectivity index (χ4n) is 1.29. The van der Waals surface area contributed by atoms with Crippen molar-refractivity contribution in [2.75, 3.05) is 5.73 Å². The largest absolute Gasteiger partial charge is 0.508 e. The maximum absolute atomic E-state index is 11.5. The number of nitrogens with zero attached hydrogens (tertiary/aromatic N) is 1. The number of H-pyrrole nitrogens is 1. The van der Waals surface area contributed by atoms with Crippen molar-refractivity contribution in [2.24, 2.45) is 0 Å². The third-order valence-electron chi connectivity index (χ3n) is 2.10. The lowest BCUT2D eigenvalue weighted by Gasteiger charge is -2.05. The van der Waals surface area contributed by atoms with Crippen molar-refractivity contribution >= 4 is 5.69 Å². The van der Waals surface area contributed by atoms with E-state index in [0.29, 0.717) is 5.69 Å². The van der Waals surface area contributed by atoms with E-state index in [2.05, 4.69) is 4.98 Å². The highest BCUT2D eigenvalue weighted by atomic mass is 16.3. The Labute approximate surface area is 89.6 Å². The molecule has 0 fully saturated rings. The highest BCUT2D eigenvalue weighted by Gasteiger charge is 2.03. The van der Waals surface area contributed by atoms with Gasteiger partial charge >= 0.3 is 5.69 Å². The number of nitrogens with two attached hydrogens (primary N) is 1. The van der Waals surface area contributed by atoms with Gasteiger partial charge in [0, 0.05) is 6.20 Å². The first-order chi connectivity index (χ1) is 7.58. The molecule has 4 N–H and O–H groups in total. The monoisotopic (exact) mass is 219 g/mol. The predicted octanol–water partition coefficient (Wildman–Crippen LogP) is -0.186. The van der Waals surface area contributed by atoms with E-state index in [-0.39, 0.29) is 11.4 Å². The van der Waals surface area contributed by atoms with Crippen molar-refractivity contribution in [1.29, 1.82) is 0 Å². The van der Waals surface area contributed by atoms with Crippen LogP contribution in [0.4, 0.5) is 5.69 Å². The molecule has 6 nitrogen and oxygen atoms in total. The van der Waals surface area contributed by atoms with Crippen LogP contribution in [0, 0.1) is 0 Å². The summed E-state index contributed by atoms with van der Waals surface area (Å²) in [5, 5.41) is 9.10. The molecule has 16 heavy (non-hydrogen) atoms. The molecule has 0 saturated carbocycles. The number of aromatic nitrogens is 2. The van der Waals surface area contributed by atoms with Crippen LogP contribution in [0.15, 0.2) is 40.1 Å². The summed E-state index contributed by atoms with van der Waals surface area (Å²) in [6.07, 6.45) is 1.24. The summed E-state index contributed by atoms with van der Waals surface area (Å²) in [5.41, 5.74) is 4.67. The molecular weight excluding hydrogens is 210 g/mol. The maximum atomic E-state index is 11.5. The minimum Gasteiger partial charge on any atom is -0.508 e. The smallest absolute Gasteiger partial charge is 0.333 e. The van der Waals surface area contributed by atoms with Crippen molar-refractivity contribution in [3.05, 3.63) is 51.3 Å². The number of phenolic OH excluding ortho intramolecular Hbond substituents is 1. The van der Waals surface area contributed by atoms with E-state index in [1.807, 2.05) is 0 Å². The molecular formula is C10H9N3O3. The molecule has 2 rings (SSSR count). The van der Waals surface area contributed by atoms with Crippen molar-refractivity contribution in [3.63, 3.8) is 0 Å². The number of phenols is 1. The molecule has 2 aromatic rings. The third kappa shape index (κ3) is 1.68. The molecule has 0 amide bonds. The number of anilines is 1. The molecule has 6 heteroatoms. The number of hydrogen-bond acceptors (Lipinski definition) is 4. The molecule has 0 aliphatic carbocycles. The van der Waals surface area contributed by atoms with Gasteiger partial charge in [0.1, 0.15) is 11.4 Å². The average molecular weight is 219 g/mol. The predicted molar refractivity (Wildman–Crippen MR) is 58.7 cm³/mol. The molecule has 0 unspecified atom stereocenters. The van der Waals surface area contributed by atoms with Gasteiger partial charge in [0.05, 0.1) is 5.69 Å². The first-order valence-corrected chi connectivity index (χ1v) is 4.49. The second-order valence-corrected chi connectivity index (χ2v) is 3.23. The van der Waals surface area contributed by atoms with Crippen LogP contribution in [-0.4, -0.2) is 14.7 Å². The van der Waals surface area contributed by atoms with Crippen LogP contribution in [0.25, 0.3) is 5.69 Å². The van der Waals surface area contributed by atoms with Gasteiger partial charge in [-0.25, -0.2) is 4.79 Å². The minimum absolute atomic E-state index is 0.0484. The van der Waals surface area contributed by atoms with E-state index in [9.17, 15) is 9.59 Å². The van der Waals surface area contributed by atoms with E-state index in [1.54, 1.807) is 0 Å². The lowest BCUT2D eigenvalue weighted by atomic mass is 10.3. The Kier molecular flexibility index (Phi) is 2.24. The zero-order valence-corrected chi connectivity index (χ0v) is 8.18. The first-order valence-electron chi connectivity index (χ1n) is 4.49. The van der Waals surface area contributed by atoms with Crippen molar-refractivity contribution < 1.29 is 5.11 Å². The SMILES string of the molecule is Nc1cn(-c2ccc(O)cc2)c(=O)[nH]c1=O. The molecule has 0 bridgehead atoms. The molecule has 0 aliphatic heterocycles. The Morgan fingerprint density at radius 1 is 1.19 bits per heavy atom. The van der Waals surface area contributed by atoms with E-state index < -0.39 is 11.2 Å². The van der Waals surface area contributed by atoms with Gasteiger partial charge in [-0.3, -0.25) is 14.3 Å². The number of nitrogens with one attached hydrogen (secondary N) is 1. The number of hydrogen-bond donors (Lipinski definition) is 3. The summed E-state index contributed by atoms with van der Waals surface area (Å²) in [5.74, 6) is 0.0918. The standard InChI is InChI=1S/C10H9N3O3/c11-8-5-13(10(16)12-9(8)15)6-1-3-7(14)4-2-6/h1-5,14H,11H2,(H,12,15,16). The highest BCUT2D eigenvalue weighted by molar-refractivity contribution is 5.40. The third-order valence-corrected chi connectivity index (χ3v) is 2.10. The highest BCUT2D eigenvalue weighted by Crippen LogP contribution is 2.11. The summed E-state index contributed by atoms with van der Waals surface area (Å²) >= 11 is 0. The van der Waals surface area contributed by atoms with Crippen LogP contribution in [0.2, 0.25) is 0 Å². The molecule has 1 aromatic carbocycles. The first kappa shape index (κ1) is 10.0. The van der Waals surface area contributed by atoms with Gasteiger partial charge in [-0.1, -0.05) is 0 Å². The Bertz CT molecular complexity index is 625. The zero-order valence-electron chi connectivity index (χ0n) is 8.18. The summed E-state index contributed by atoms with van der Waals surface area (Å²) in [4.78, 5) is 24.6. The van der Waals surface area contributed by atoms with Gasteiger partial charge in [0.2, 0.25) is 0 Å². The van der Waals surface area contributed by atoms with Gasteiger partial charge in [0.15, 0.2) is 0 Å². The second kappa shape index (κ2) is 3.58. The van der Waals surface area contributed by atoms with Gasteiger partial charge < -0.3 is 10.8 Å². The number of rotatable bonds is 1. The fraction of sp³-hybridized carbons (Fsp3) is 0. The van der Waals surface area contributed by atoms with Crippen LogP contribution in [0.3, 0.4) is 0 Å². The lowest BCUT2D eigenvalue weighted by molar-refractivity contribution is 0.475. The van der Waals surface area contributed by atoms with Crippen molar-refractivity contribution in [2.45, 2.75) is 0 Å². The Morgan fingerprint density at radius 3 is 2.44 bits per heavy atom. The summed E-state index contributed by atoms with van der Waals surface area (Å²) < 4.78 is 1.19. The average Bonchev–Trinajstić information content (AvgIpc) is 2.25. The van der Waals surface area contributed by atoms with Gasteiger partial charge in [-0.05, 0) is 24.3 Å². The van der Waals surface area contributed by atoms with Gasteiger partial charge in [0.25, 0.3) is 5.56 Å². The van der Waals surface area contributed by atoms with Crippen LogP contribution in [-0.2, 0) is 0 Å². The normalized spacial score (nSPS) is 10.2. The summed E-state index contributed by atoms with van der Waals surface area (Å²) in [6, 6.07) is 5.94. The van der Waals surface area contributed by atoms with Gasteiger partial charge in [-0.15, -0.1) is 0 Å². The Balaban J connectivity index is 2.65. The Morgan fingerprint density at radius 2 is 1.81 bits per heavy atom. The minimum atomic E-state index is -0.611. The number of aromatic hydroxyl groups is 1. The molecule has 0 saturated heterocycles. The number of nitrogen functional groups attached to an aromatic ring is 1. The van der Waals surface area contributed by atoms with Crippen LogP contribution < -0.4 is 17.0 Å². The van der Waals surface area contributed by atoms with Gasteiger partial charge in [-0.2, -0.15) is 0 Å². The summed E-state index contributed by atoms with van der Waals surface area (Å²) in [6.45, 7) is 0. The molecule has 0 atom stereocenters. The fourth-order valence-corrected chi connectivity index (χ4v) is 1.29. The van der Waals surface area contributed by atoms with E-state index in [4.69, 9.17) is 10.8 Å². The topological polar surface area (TPSA) is 101 Å². The van der Waals surface area contributed by atoms with Crippen LogP contribution >= 0.6 is 0 Å². The molecule has 0 spiro atoms. The van der Waals surface area contributed by atoms with Crippen LogP contribution in [0.1, 0.15) is 0 Å².